The molecule has 1 atom stereocenters. The average molecular weight is 276 g/mol. The molecule has 0 radical (unpaired) electrons. The second-order valence-electron chi connectivity index (χ2n) is 5.75. The van der Waals surface area contributed by atoms with Crippen molar-refractivity contribution in [3.05, 3.63) is 29.8 Å². The van der Waals surface area contributed by atoms with E-state index in [1.54, 1.807) is 0 Å². The Morgan fingerprint density at radius 1 is 1.10 bits per heavy atom. The first-order chi connectivity index (χ1) is 9.83. The van der Waals surface area contributed by atoms with E-state index in [-0.39, 0.29) is 6.10 Å². The van der Waals surface area contributed by atoms with Gasteiger partial charge < -0.3 is 14.7 Å². The van der Waals surface area contributed by atoms with Crippen molar-refractivity contribution in [1.29, 1.82) is 0 Å². The highest BCUT2D eigenvalue weighted by molar-refractivity contribution is 5.55. The summed E-state index contributed by atoms with van der Waals surface area (Å²) >= 11 is 0. The predicted molar refractivity (Wildman–Crippen MR) is 80.2 cm³/mol. The van der Waals surface area contributed by atoms with Crippen LogP contribution in [0.4, 0.5) is 5.69 Å². The summed E-state index contributed by atoms with van der Waals surface area (Å²) in [5.74, 6) is 0. The number of hydrogen-bond donors (Lipinski definition) is 1. The molecule has 0 spiro atoms. The van der Waals surface area contributed by atoms with Crippen LogP contribution in [0.2, 0.25) is 0 Å². The molecule has 4 nitrogen and oxygen atoms in total. The number of benzene rings is 1. The zero-order chi connectivity index (χ0) is 13.8. The summed E-state index contributed by atoms with van der Waals surface area (Å²) in [6.07, 6.45) is 2.05. The highest BCUT2D eigenvalue weighted by Crippen LogP contribution is 2.26. The minimum atomic E-state index is -0.292. The summed E-state index contributed by atoms with van der Waals surface area (Å²) < 4.78 is 5.34. The minimum Gasteiger partial charge on any atom is -0.390 e. The van der Waals surface area contributed by atoms with Crippen LogP contribution < -0.4 is 4.90 Å². The van der Waals surface area contributed by atoms with Crippen molar-refractivity contribution in [1.82, 2.24) is 4.90 Å². The van der Waals surface area contributed by atoms with Crippen LogP contribution in [0.15, 0.2) is 24.3 Å². The number of fused-ring (bicyclic) bond motifs is 1. The molecule has 4 heteroatoms. The molecule has 1 saturated heterocycles. The Kier molecular flexibility index (Phi) is 4.55. The third kappa shape index (κ3) is 3.32. The molecule has 2 aliphatic rings. The van der Waals surface area contributed by atoms with Gasteiger partial charge >= 0.3 is 0 Å². The molecule has 0 saturated carbocycles. The Balaban J connectivity index is 1.57. The Hall–Kier alpha value is -1.10. The maximum atomic E-state index is 10.4. The molecule has 1 aromatic rings. The molecular formula is C16H24N2O2. The molecule has 1 N–H and O–H groups in total. The predicted octanol–water partition coefficient (Wildman–Crippen LogP) is 1.13. The molecule has 0 aromatic heterocycles. The third-order valence-corrected chi connectivity index (χ3v) is 4.21. The van der Waals surface area contributed by atoms with Crippen molar-refractivity contribution in [3.63, 3.8) is 0 Å². The molecule has 2 heterocycles. The molecule has 3 rings (SSSR count). The molecule has 1 unspecified atom stereocenters. The number of anilines is 1. The van der Waals surface area contributed by atoms with E-state index >= 15 is 0 Å². The number of aliphatic hydroxyl groups is 1. The van der Waals surface area contributed by atoms with E-state index in [1.165, 1.54) is 17.7 Å². The topological polar surface area (TPSA) is 35.9 Å². The van der Waals surface area contributed by atoms with Crippen LogP contribution in [0.25, 0.3) is 0 Å². The van der Waals surface area contributed by atoms with E-state index in [4.69, 9.17) is 4.74 Å². The lowest BCUT2D eigenvalue weighted by molar-refractivity contribution is 0.0160. The fraction of sp³-hybridized carbons (Fsp3) is 0.625. The fourth-order valence-corrected chi connectivity index (χ4v) is 3.20. The van der Waals surface area contributed by atoms with E-state index in [2.05, 4.69) is 34.1 Å². The van der Waals surface area contributed by atoms with Crippen LogP contribution in [0.1, 0.15) is 12.0 Å². The van der Waals surface area contributed by atoms with E-state index < -0.39 is 0 Å². The van der Waals surface area contributed by atoms with Gasteiger partial charge in [-0.3, -0.25) is 4.90 Å². The van der Waals surface area contributed by atoms with Gasteiger partial charge in [0, 0.05) is 38.4 Å². The Morgan fingerprint density at radius 3 is 2.75 bits per heavy atom. The van der Waals surface area contributed by atoms with Crippen LogP contribution in [0.5, 0.6) is 0 Å². The normalized spacial score (nSPS) is 21.6. The smallest absolute Gasteiger partial charge is 0.0841 e. The van der Waals surface area contributed by atoms with Crippen LogP contribution in [-0.4, -0.2) is 62.0 Å². The lowest BCUT2D eigenvalue weighted by Gasteiger charge is -2.35. The second kappa shape index (κ2) is 6.57. The van der Waals surface area contributed by atoms with Crippen molar-refractivity contribution in [2.75, 3.05) is 50.8 Å². The van der Waals surface area contributed by atoms with Gasteiger partial charge in [0.15, 0.2) is 0 Å². The number of hydrogen-bond acceptors (Lipinski definition) is 4. The molecule has 110 valence electrons. The lowest BCUT2D eigenvalue weighted by atomic mass is 10.0. The molecular weight excluding hydrogens is 252 g/mol. The molecule has 0 amide bonds. The number of β-amino-alcohol motifs (C(OH)–C–C–N with tert-alkyl or cyclic N) is 1. The van der Waals surface area contributed by atoms with Crippen LogP contribution in [0, 0.1) is 0 Å². The molecule has 0 aliphatic carbocycles. The largest absolute Gasteiger partial charge is 0.390 e. The number of rotatable bonds is 4. The van der Waals surface area contributed by atoms with Gasteiger partial charge in [-0.05, 0) is 24.5 Å². The Morgan fingerprint density at radius 2 is 1.90 bits per heavy atom. The van der Waals surface area contributed by atoms with Gasteiger partial charge in [-0.15, -0.1) is 0 Å². The number of nitrogens with zero attached hydrogens (tertiary/aromatic N) is 2. The van der Waals surface area contributed by atoms with E-state index in [0.29, 0.717) is 0 Å². The summed E-state index contributed by atoms with van der Waals surface area (Å²) in [5.41, 5.74) is 2.72. The number of aryl methyl sites for hydroxylation is 1. The van der Waals surface area contributed by atoms with E-state index in [1.807, 2.05) is 0 Å². The van der Waals surface area contributed by atoms with Crippen molar-refractivity contribution in [3.8, 4) is 0 Å². The third-order valence-electron chi connectivity index (χ3n) is 4.21. The van der Waals surface area contributed by atoms with Crippen molar-refractivity contribution < 1.29 is 9.84 Å². The van der Waals surface area contributed by atoms with E-state index in [9.17, 15) is 5.11 Å². The van der Waals surface area contributed by atoms with Gasteiger partial charge in [0.05, 0.1) is 19.3 Å². The van der Waals surface area contributed by atoms with Gasteiger partial charge in [0.1, 0.15) is 0 Å². The summed E-state index contributed by atoms with van der Waals surface area (Å²) in [7, 11) is 0. The van der Waals surface area contributed by atoms with Crippen LogP contribution in [-0.2, 0) is 11.2 Å². The maximum absolute atomic E-state index is 10.4. The van der Waals surface area contributed by atoms with Gasteiger partial charge in [0.25, 0.3) is 0 Å². The zero-order valence-electron chi connectivity index (χ0n) is 12.0. The number of morpholine rings is 1. The number of para-hydroxylation sites is 1. The van der Waals surface area contributed by atoms with Crippen LogP contribution in [0.3, 0.4) is 0 Å². The molecule has 20 heavy (non-hydrogen) atoms. The minimum absolute atomic E-state index is 0.292. The van der Waals surface area contributed by atoms with Gasteiger partial charge in [-0.2, -0.15) is 0 Å². The SMILES string of the molecule is OC(CN1CCOCC1)CN1CCCc2ccccc21. The van der Waals surface area contributed by atoms with Gasteiger partial charge in [-0.1, -0.05) is 18.2 Å². The summed E-state index contributed by atoms with van der Waals surface area (Å²) in [4.78, 5) is 4.63. The standard InChI is InChI=1S/C16H24N2O2/c19-15(12-17-8-10-20-11-9-17)13-18-7-3-5-14-4-1-2-6-16(14)18/h1-2,4,6,15,19H,3,5,7-13H2. The Labute approximate surface area is 120 Å². The maximum Gasteiger partial charge on any atom is 0.0841 e. The highest BCUT2D eigenvalue weighted by Gasteiger charge is 2.21. The van der Waals surface area contributed by atoms with Crippen molar-refractivity contribution in [2.24, 2.45) is 0 Å². The second-order valence-corrected chi connectivity index (χ2v) is 5.75. The van der Waals surface area contributed by atoms with Gasteiger partial charge in [0.2, 0.25) is 0 Å². The molecule has 2 aliphatic heterocycles. The fourth-order valence-electron chi connectivity index (χ4n) is 3.20. The van der Waals surface area contributed by atoms with Crippen molar-refractivity contribution in [2.45, 2.75) is 18.9 Å². The summed E-state index contributed by atoms with van der Waals surface area (Å²) in [5, 5.41) is 10.4. The average Bonchev–Trinajstić information content (AvgIpc) is 2.48. The van der Waals surface area contributed by atoms with Gasteiger partial charge in [-0.25, -0.2) is 0 Å². The monoisotopic (exact) mass is 276 g/mol. The molecule has 1 fully saturated rings. The number of ether oxygens (including phenoxy) is 1. The first-order valence-electron chi connectivity index (χ1n) is 7.64. The lowest BCUT2D eigenvalue weighted by Crippen LogP contribution is -2.45. The van der Waals surface area contributed by atoms with E-state index in [0.717, 1.165) is 52.4 Å². The summed E-state index contributed by atoms with van der Waals surface area (Å²) in [6, 6.07) is 8.57. The highest BCUT2D eigenvalue weighted by atomic mass is 16.5. The molecule has 1 aromatic carbocycles. The Bertz CT molecular complexity index is 432. The molecule has 0 bridgehead atoms. The summed E-state index contributed by atoms with van der Waals surface area (Å²) in [6.45, 7) is 5.99. The van der Waals surface area contributed by atoms with Crippen LogP contribution >= 0.6 is 0 Å². The number of aliphatic hydroxyl groups excluding tert-OH is 1. The van der Waals surface area contributed by atoms with Crippen molar-refractivity contribution >= 4 is 5.69 Å². The first kappa shape index (κ1) is 13.9. The zero-order valence-corrected chi connectivity index (χ0v) is 12.0. The first-order valence-corrected chi connectivity index (χ1v) is 7.64. The quantitative estimate of drug-likeness (QED) is 0.894.